The van der Waals surface area contributed by atoms with Crippen molar-refractivity contribution in [2.24, 2.45) is 0 Å². The molecule has 1 aliphatic rings. The van der Waals surface area contributed by atoms with Crippen LogP contribution in [-0.4, -0.2) is 16.4 Å². The Morgan fingerprint density at radius 1 is 1.43 bits per heavy atom. The van der Waals surface area contributed by atoms with Crippen molar-refractivity contribution in [2.45, 2.75) is 38.1 Å². The molecule has 1 fully saturated rings. The van der Waals surface area contributed by atoms with Crippen LogP contribution in [0, 0.1) is 24.1 Å². The van der Waals surface area contributed by atoms with E-state index in [4.69, 9.17) is 0 Å². The minimum atomic E-state index is -0.704. The van der Waals surface area contributed by atoms with Gasteiger partial charge in [-0.05, 0) is 43.9 Å². The molecule has 1 aromatic carbocycles. The molecule has 6 heteroatoms. The highest BCUT2D eigenvalue weighted by Gasteiger charge is 2.39. The van der Waals surface area contributed by atoms with Crippen LogP contribution in [0.4, 0.5) is 4.39 Å². The summed E-state index contributed by atoms with van der Waals surface area (Å²) in [6.07, 6.45) is 2.93. The molecule has 2 aromatic rings. The maximum Gasteiger partial charge on any atom is 0.264 e. The number of hydrogen-bond donors (Lipinski definition) is 1. The van der Waals surface area contributed by atoms with Crippen molar-refractivity contribution in [3.05, 3.63) is 51.2 Å². The number of aromatic nitrogens is 1. The second-order valence-corrected chi connectivity index (χ2v) is 6.91. The quantitative estimate of drug-likeness (QED) is 0.935. The first kappa shape index (κ1) is 15.6. The van der Waals surface area contributed by atoms with E-state index in [0.717, 1.165) is 17.0 Å². The van der Waals surface area contributed by atoms with Crippen molar-refractivity contribution in [1.29, 1.82) is 5.26 Å². The molecule has 4 nitrogen and oxygen atoms in total. The van der Waals surface area contributed by atoms with Gasteiger partial charge < -0.3 is 5.32 Å². The van der Waals surface area contributed by atoms with Gasteiger partial charge in [-0.1, -0.05) is 12.1 Å². The molecule has 0 aliphatic heterocycles. The van der Waals surface area contributed by atoms with Crippen LogP contribution in [0.2, 0.25) is 0 Å². The van der Waals surface area contributed by atoms with E-state index in [2.05, 4.69) is 16.4 Å². The van der Waals surface area contributed by atoms with Crippen molar-refractivity contribution in [1.82, 2.24) is 10.3 Å². The molecule has 0 unspecified atom stereocenters. The van der Waals surface area contributed by atoms with Crippen LogP contribution in [0.3, 0.4) is 0 Å². The lowest BCUT2D eigenvalue weighted by molar-refractivity contribution is 0.0885. The molecule has 0 bridgehead atoms. The van der Waals surface area contributed by atoms with Crippen LogP contribution >= 0.6 is 11.3 Å². The van der Waals surface area contributed by atoms with E-state index in [0.29, 0.717) is 29.8 Å². The third-order valence-corrected chi connectivity index (χ3v) is 5.25. The van der Waals surface area contributed by atoms with Gasteiger partial charge in [-0.2, -0.15) is 5.26 Å². The van der Waals surface area contributed by atoms with Gasteiger partial charge in [0.15, 0.2) is 0 Å². The molecule has 23 heavy (non-hydrogen) atoms. The van der Waals surface area contributed by atoms with Gasteiger partial charge in [-0.3, -0.25) is 4.79 Å². The number of halogens is 1. The number of benzene rings is 1. The number of rotatable bonds is 4. The molecule has 1 aromatic heterocycles. The second kappa shape index (κ2) is 6.09. The van der Waals surface area contributed by atoms with Crippen LogP contribution in [0.25, 0.3) is 0 Å². The third kappa shape index (κ3) is 3.25. The van der Waals surface area contributed by atoms with Crippen molar-refractivity contribution in [3.63, 3.8) is 0 Å². The van der Waals surface area contributed by atoms with Gasteiger partial charge >= 0.3 is 0 Å². The smallest absolute Gasteiger partial charge is 0.264 e. The van der Waals surface area contributed by atoms with Gasteiger partial charge in [0.2, 0.25) is 0 Å². The molecule has 0 spiro atoms. The summed E-state index contributed by atoms with van der Waals surface area (Å²) in [6, 6.07) is 8.46. The van der Waals surface area contributed by atoms with E-state index in [9.17, 15) is 14.4 Å². The van der Waals surface area contributed by atoms with Crippen LogP contribution < -0.4 is 5.32 Å². The molecular formula is C17H16FN3OS. The minimum absolute atomic E-state index is 0.230. The summed E-state index contributed by atoms with van der Waals surface area (Å²) in [6.45, 7) is 1.79. The van der Waals surface area contributed by atoms with Gasteiger partial charge in [0.1, 0.15) is 16.2 Å². The zero-order valence-corrected chi connectivity index (χ0v) is 13.5. The molecule has 1 heterocycles. The number of amides is 1. The largest absolute Gasteiger partial charge is 0.333 e. The molecule has 1 aliphatic carbocycles. The first-order valence-electron chi connectivity index (χ1n) is 7.46. The molecule has 1 saturated carbocycles. The number of carbonyl (C=O) groups excluding carboxylic acids is 1. The Labute approximate surface area is 138 Å². The topological polar surface area (TPSA) is 65.8 Å². The lowest BCUT2D eigenvalue weighted by atomic mass is 9.78. The van der Waals surface area contributed by atoms with E-state index in [1.165, 1.54) is 23.5 Å². The lowest BCUT2D eigenvalue weighted by Gasteiger charge is -2.35. The summed E-state index contributed by atoms with van der Waals surface area (Å²) in [5.41, 5.74) is 0.904. The molecule has 1 amide bonds. The zero-order chi connectivity index (χ0) is 16.4. The van der Waals surface area contributed by atoms with E-state index >= 15 is 0 Å². The van der Waals surface area contributed by atoms with Crippen molar-refractivity contribution in [3.8, 4) is 6.07 Å². The number of thiazole rings is 1. The Kier molecular flexibility index (Phi) is 4.14. The Morgan fingerprint density at radius 2 is 2.13 bits per heavy atom. The summed E-state index contributed by atoms with van der Waals surface area (Å²) in [7, 11) is 0. The Bertz CT molecular complexity index is 772. The fraction of sp³-hybridized carbons (Fsp3) is 0.353. The zero-order valence-electron chi connectivity index (χ0n) is 12.7. The predicted octanol–water partition coefficient (Wildman–Crippen LogP) is 3.36. The Balaban J connectivity index is 1.74. The number of aryl methyl sites for hydroxylation is 1. The van der Waals surface area contributed by atoms with E-state index in [-0.39, 0.29) is 11.7 Å². The monoisotopic (exact) mass is 329 g/mol. The molecule has 118 valence electrons. The number of nitrogens with one attached hydrogen (secondary N) is 1. The summed E-state index contributed by atoms with van der Waals surface area (Å²) in [4.78, 5) is 17.4. The lowest BCUT2D eigenvalue weighted by Crippen LogP contribution is -2.52. The number of nitriles is 1. The maximum absolute atomic E-state index is 12.9. The van der Waals surface area contributed by atoms with Gasteiger partial charge in [-0.25, -0.2) is 9.37 Å². The van der Waals surface area contributed by atoms with Crippen LogP contribution in [0.1, 0.15) is 45.2 Å². The number of carbonyl (C=O) groups is 1. The first-order valence-corrected chi connectivity index (χ1v) is 8.27. The van der Waals surface area contributed by atoms with Crippen molar-refractivity contribution >= 4 is 17.2 Å². The molecular weight excluding hydrogens is 313 g/mol. The normalized spacial score (nSPS) is 15.5. The fourth-order valence-corrected chi connectivity index (χ4v) is 3.58. The predicted molar refractivity (Wildman–Crippen MR) is 85.7 cm³/mol. The molecule has 0 saturated heterocycles. The average molecular weight is 329 g/mol. The average Bonchev–Trinajstić information content (AvgIpc) is 2.86. The SMILES string of the molecule is Cc1nc(Cc2ccc(F)cc2)sc1C(=O)NC1(C#N)CCC1. The van der Waals surface area contributed by atoms with E-state index in [1.54, 1.807) is 19.1 Å². The molecule has 3 rings (SSSR count). The first-order chi connectivity index (χ1) is 11.0. The van der Waals surface area contributed by atoms with Gasteiger partial charge in [0.25, 0.3) is 5.91 Å². The second-order valence-electron chi connectivity index (χ2n) is 5.83. The number of nitrogens with zero attached hydrogens (tertiary/aromatic N) is 2. The van der Waals surface area contributed by atoms with Gasteiger partial charge in [0, 0.05) is 6.42 Å². The van der Waals surface area contributed by atoms with E-state index in [1.807, 2.05) is 0 Å². The van der Waals surface area contributed by atoms with Gasteiger partial charge in [0.05, 0.1) is 16.8 Å². The summed E-state index contributed by atoms with van der Waals surface area (Å²) < 4.78 is 12.9. The highest BCUT2D eigenvalue weighted by atomic mass is 32.1. The standard InChI is InChI=1S/C17H16FN3OS/c1-11-15(16(22)21-17(10-19)7-2-8-17)23-14(20-11)9-12-3-5-13(18)6-4-12/h3-6H,2,7-9H2,1H3,(H,21,22). The van der Waals surface area contributed by atoms with Crippen molar-refractivity contribution < 1.29 is 9.18 Å². The van der Waals surface area contributed by atoms with Gasteiger partial charge in [-0.15, -0.1) is 11.3 Å². The fourth-order valence-electron chi connectivity index (χ4n) is 2.58. The summed E-state index contributed by atoms with van der Waals surface area (Å²) in [5.74, 6) is -0.502. The third-order valence-electron chi connectivity index (χ3n) is 4.09. The highest BCUT2D eigenvalue weighted by Crippen LogP contribution is 2.32. The van der Waals surface area contributed by atoms with Crippen LogP contribution in [0.5, 0.6) is 0 Å². The molecule has 0 atom stereocenters. The summed E-state index contributed by atoms with van der Waals surface area (Å²) in [5, 5.41) is 12.9. The highest BCUT2D eigenvalue weighted by molar-refractivity contribution is 7.13. The Hall–Kier alpha value is -2.26. The van der Waals surface area contributed by atoms with Crippen LogP contribution in [-0.2, 0) is 6.42 Å². The van der Waals surface area contributed by atoms with E-state index < -0.39 is 5.54 Å². The molecule has 0 radical (unpaired) electrons. The minimum Gasteiger partial charge on any atom is -0.333 e. The Morgan fingerprint density at radius 3 is 2.70 bits per heavy atom. The summed E-state index contributed by atoms with van der Waals surface area (Å²) >= 11 is 1.33. The van der Waals surface area contributed by atoms with Crippen LogP contribution in [0.15, 0.2) is 24.3 Å². The molecule has 1 N–H and O–H groups in total. The van der Waals surface area contributed by atoms with Crippen molar-refractivity contribution in [2.75, 3.05) is 0 Å². The maximum atomic E-state index is 12.9. The number of hydrogen-bond acceptors (Lipinski definition) is 4.